The Hall–Kier alpha value is -1.23. The van der Waals surface area contributed by atoms with Crippen LogP contribution in [0.1, 0.15) is 17.7 Å². The van der Waals surface area contributed by atoms with Gasteiger partial charge in [-0.2, -0.15) is 0 Å². The molecule has 1 N–H and O–H groups in total. The molecule has 2 aromatic heterocycles. The number of aromatic amines is 1. The molecular formula is C10H8ClF2N3. The second kappa shape index (κ2) is 3.13. The Balaban J connectivity index is 2.28. The summed E-state index contributed by atoms with van der Waals surface area (Å²) < 4.78 is 26.6. The monoisotopic (exact) mass is 243 g/mol. The van der Waals surface area contributed by atoms with E-state index in [1.807, 2.05) is 0 Å². The maximum atomic E-state index is 13.3. The second-order valence-corrected chi connectivity index (χ2v) is 4.36. The number of hydrogen-bond donors (Lipinski definition) is 1. The van der Waals surface area contributed by atoms with E-state index in [2.05, 4.69) is 15.0 Å². The lowest BCUT2D eigenvalue weighted by Gasteiger charge is -2.21. The van der Waals surface area contributed by atoms with Gasteiger partial charge in [-0.1, -0.05) is 11.6 Å². The summed E-state index contributed by atoms with van der Waals surface area (Å²) in [5, 5.41) is 0.777. The molecule has 0 atom stereocenters. The Morgan fingerprint density at radius 3 is 3.00 bits per heavy atom. The van der Waals surface area contributed by atoms with E-state index in [-0.39, 0.29) is 18.0 Å². The topological polar surface area (TPSA) is 41.6 Å². The van der Waals surface area contributed by atoms with E-state index in [0.717, 1.165) is 5.69 Å². The summed E-state index contributed by atoms with van der Waals surface area (Å²) in [6.07, 6.45) is 1.24. The van der Waals surface area contributed by atoms with Gasteiger partial charge in [-0.05, 0) is 12.0 Å². The Bertz CT molecular complexity index is 564. The molecule has 0 unspecified atom stereocenters. The molecule has 0 aromatic carbocycles. The number of rotatable bonds is 0. The van der Waals surface area contributed by atoms with E-state index >= 15 is 0 Å². The van der Waals surface area contributed by atoms with Crippen molar-refractivity contribution in [1.29, 1.82) is 0 Å². The Labute approximate surface area is 94.8 Å². The highest BCUT2D eigenvalue weighted by Crippen LogP contribution is 2.37. The minimum Gasteiger partial charge on any atom is -0.343 e. The minimum atomic E-state index is -2.65. The van der Waals surface area contributed by atoms with E-state index in [0.29, 0.717) is 23.0 Å². The van der Waals surface area contributed by atoms with Crippen molar-refractivity contribution in [1.82, 2.24) is 15.0 Å². The quantitative estimate of drug-likeness (QED) is 0.723. The Morgan fingerprint density at radius 2 is 2.19 bits per heavy atom. The van der Waals surface area contributed by atoms with Gasteiger partial charge in [-0.3, -0.25) is 0 Å². The number of halogens is 3. The molecule has 1 aliphatic carbocycles. The largest absolute Gasteiger partial charge is 0.343 e. The number of hydrogen-bond acceptors (Lipinski definition) is 2. The van der Waals surface area contributed by atoms with E-state index < -0.39 is 5.92 Å². The molecule has 0 bridgehead atoms. The van der Waals surface area contributed by atoms with Crippen LogP contribution in [-0.4, -0.2) is 20.9 Å². The van der Waals surface area contributed by atoms with Gasteiger partial charge in [0, 0.05) is 18.5 Å². The lowest BCUT2D eigenvalue weighted by molar-refractivity contribution is -0.0121. The lowest BCUT2D eigenvalue weighted by Crippen LogP contribution is -2.25. The zero-order chi connectivity index (χ0) is 11.3. The summed E-state index contributed by atoms with van der Waals surface area (Å²) in [6.45, 7) is 0. The first-order valence-electron chi connectivity index (χ1n) is 4.94. The van der Waals surface area contributed by atoms with Crippen LogP contribution < -0.4 is 0 Å². The predicted molar refractivity (Wildman–Crippen MR) is 55.9 cm³/mol. The first kappa shape index (κ1) is 9.96. The third-order valence-corrected chi connectivity index (χ3v) is 3.20. The van der Waals surface area contributed by atoms with Gasteiger partial charge >= 0.3 is 0 Å². The molecule has 0 saturated heterocycles. The molecule has 0 aliphatic heterocycles. The van der Waals surface area contributed by atoms with Gasteiger partial charge in [0.15, 0.2) is 0 Å². The summed E-state index contributed by atoms with van der Waals surface area (Å²) in [5.74, 6) is -2.65. The van der Waals surface area contributed by atoms with Crippen LogP contribution in [0.15, 0.2) is 6.33 Å². The molecule has 0 saturated carbocycles. The lowest BCUT2D eigenvalue weighted by atomic mass is 9.93. The van der Waals surface area contributed by atoms with Gasteiger partial charge in [0.05, 0.1) is 5.39 Å². The molecule has 0 fully saturated rings. The molecule has 2 heterocycles. The fraction of sp³-hybridized carbons (Fsp3) is 0.400. The standard InChI is InChI=1S/C10H8ClF2N3/c11-8-7-5-3-10(12,13)2-1-6(5)16-9(7)15-4-14-8/h4H,1-3H2,(H,14,15,16). The van der Waals surface area contributed by atoms with Crippen LogP contribution in [0.25, 0.3) is 11.0 Å². The molecular weight excluding hydrogens is 236 g/mol. The highest BCUT2D eigenvalue weighted by molar-refractivity contribution is 6.34. The molecule has 16 heavy (non-hydrogen) atoms. The fourth-order valence-corrected chi connectivity index (χ4v) is 2.41. The number of nitrogens with one attached hydrogen (secondary N) is 1. The number of H-pyrrole nitrogens is 1. The van der Waals surface area contributed by atoms with Gasteiger partial charge in [0.25, 0.3) is 5.92 Å². The Kier molecular flexibility index (Phi) is 1.95. The van der Waals surface area contributed by atoms with Gasteiger partial charge in [-0.15, -0.1) is 0 Å². The van der Waals surface area contributed by atoms with Gasteiger partial charge in [0.1, 0.15) is 17.1 Å². The molecule has 0 amide bonds. The van der Waals surface area contributed by atoms with Crippen LogP contribution in [0.3, 0.4) is 0 Å². The highest BCUT2D eigenvalue weighted by Gasteiger charge is 2.36. The number of aryl methyl sites for hydroxylation is 1. The van der Waals surface area contributed by atoms with E-state index in [1.165, 1.54) is 6.33 Å². The Morgan fingerprint density at radius 1 is 1.38 bits per heavy atom. The average Bonchev–Trinajstić information content (AvgIpc) is 2.55. The SMILES string of the molecule is FC1(F)CCc2[nH]c3ncnc(Cl)c3c2C1. The highest BCUT2D eigenvalue weighted by atomic mass is 35.5. The van der Waals surface area contributed by atoms with E-state index in [9.17, 15) is 8.78 Å². The molecule has 2 aromatic rings. The molecule has 3 rings (SSSR count). The van der Waals surface area contributed by atoms with Crippen LogP contribution in [0.4, 0.5) is 8.78 Å². The third kappa shape index (κ3) is 1.38. The molecule has 84 valence electrons. The van der Waals surface area contributed by atoms with Crippen LogP contribution in [0, 0.1) is 0 Å². The van der Waals surface area contributed by atoms with Crippen molar-refractivity contribution < 1.29 is 8.78 Å². The first-order chi connectivity index (χ1) is 7.57. The third-order valence-electron chi connectivity index (χ3n) is 2.91. The van der Waals surface area contributed by atoms with Crippen LogP contribution in [0.5, 0.6) is 0 Å². The van der Waals surface area contributed by atoms with Crippen molar-refractivity contribution in [2.24, 2.45) is 0 Å². The van der Waals surface area contributed by atoms with Crippen molar-refractivity contribution in [2.45, 2.75) is 25.2 Å². The summed E-state index contributed by atoms with van der Waals surface area (Å²) in [5.41, 5.74) is 1.92. The van der Waals surface area contributed by atoms with Crippen LogP contribution in [-0.2, 0) is 12.8 Å². The van der Waals surface area contributed by atoms with Gasteiger partial charge < -0.3 is 4.98 Å². The van der Waals surface area contributed by atoms with Crippen LogP contribution >= 0.6 is 11.6 Å². The molecule has 6 heteroatoms. The molecule has 1 aliphatic rings. The van der Waals surface area contributed by atoms with Gasteiger partial charge in [0.2, 0.25) is 0 Å². The van der Waals surface area contributed by atoms with Crippen molar-refractivity contribution >= 4 is 22.6 Å². The number of nitrogens with zero attached hydrogens (tertiary/aromatic N) is 2. The maximum Gasteiger partial charge on any atom is 0.252 e. The zero-order valence-electron chi connectivity index (χ0n) is 8.23. The zero-order valence-corrected chi connectivity index (χ0v) is 8.98. The van der Waals surface area contributed by atoms with Gasteiger partial charge in [-0.25, -0.2) is 18.7 Å². The average molecular weight is 244 g/mol. The summed E-state index contributed by atoms with van der Waals surface area (Å²) in [6, 6.07) is 0. The predicted octanol–water partition coefficient (Wildman–Crippen LogP) is 2.74. The van der Waals surface area contributed by atoms with Crippen molar-refractivity contribution in [3.63, 3.8) is 0 Å². The van der Waals surface area contributed by atoms with Crippen LogP contribution in [0.2, 0.25) is 5.15 Å². The number of aromatic nitrogens is 3. The smallest absolute Gasteiger partial charge is 0.252 e. The van der Waals surface area contributed by atoms with E-state index in [4.69, 9.17) is 11.6 Å². The minimum absolute atomic E-state index is 0.127. The maximum absolute atomic E-state index is 13.3. The molecule has 3 nitrogen and oxygen atoms in total. The number of alkyl halides is 2. The van der Waals surface area contributed by atoms with Crippen molar-refractivity contribution in [3.05, 3.63) is 22.7 Å². The normalized spacial score (nSPS) is 18.7. The second-order valence-electron chi connectivity index (χ2n) is 4.00. The van der Waals surface area contributed by atoms with E-state index in [1.54, 1.807) is 0 Å². The fourth-order valence-electron chi connectivity index (χ4n) is 2.16. The van der Waals surface area contributed by atoms with Crippen molar-refractivity contribution in [2.75, 3.05) is 0 Å². The summed E-state index contributed by atoms with van der Waals surface area (Å²) >= 11 is 5.91. The first-order valence-corrected chi connectivity index (χ1v) is 5.32. The molecule has 0 spiro atoms. The summed E-state index contributed by atoms with van der Waals surface area (Å²) in [4.78, 5) is 10.8. The summed E-state index contributed by atoms with van der Waals surface area (Å²) in [7, 11) is 0. The van der Waals surface area contributed by atoms with Crippen molar-refractivity contribution in [3.8, 4) is 0 Å². The molecule has 0 radical (unpaired) electrons. The number of fused-ring (bicyclic) bond motifs is 3.